The Morgan fingerprint density at radius 2 is 1.04 bits per heavy atom. The van der Waals surface area contributed by atoms with Crippen LogP contribution in [0.2, 0.25) is 0 Å². The molecule has 1 heteroatoms. The molecule has 2 aliphatic rings. The van der Waals surface area contributed by atoms with E-state index < -0.39 is 5.60 Å². The molecule has 0 atom stereocenters. The van der Waals surface area contributed by atoms with Crippen molar-refractivity contribution in [2.75, 3.05) is 0 Å². The molecule has 2 aromatic carbocycles. The third-order valence-electron chi connectivity index (χ3n) is 7.26. The van der Waals surface area contributed by atoms with E-state index >= 15 is 0 Å². The molecule has 2 aliphatic carbocycles. The number of hydrogen-bond donors (Lipinski definition) is 1. The number of hydrogen-bond acceptors (Lipinski definition) is 1. The minimum Gasteiger partial charge on any atom is -0.385 e. The van der Waals surface area contributed by atoms with E-state index in [0.717, 1.165) is 43.1 Å². The van der Waals surface area contributed by atoms with Crippen LogP contribution in [0.3, 0.4) is 0 Å². The van der Waals surface area contributed by atoms with Gasteiger partial charge in [-0.25, -0.2) is 0 Å². The minimum atomic E-state index is -0.548. The summed E-state index contributed by atoms with van der Waals surface area (Å²) in [6, 6.07) is 21.1. The van der Waals surface area contributed by atoms with E-state index in [2.05, 4.69) is 51.1 Å². The van der Waals surface area contributed by atoms with Crippen molar-refractivity contribution >= 4 is 0 Å². The van der Waals surface area contributed by atoms with E-state index in [9.17, 15) is 5.11 Å². The molecule has 2 aromatic rings. The summed E-state index contributed by atoms with van der Waals surface area (Å²) in [7, 11) is 0. The fourth-order valence-corrected chi connectivity index (χ4v) is 4.81. The van der Waals surface area contributed by atoms with Crippen LogP contribution in [-0.4, -0.2) is 5.11 Å². The lowest BCUT2D eigenvalue weighted by Crippen LogP contribution is -2.30. The van der Waals surface area contributed by atoms with Crippen molar-refractivity contribution in [1.82, 2.24) is 0 Å². The molecule has 0 aromatic heterocycles. The molecule has 28 heavy (non-hydrogen) atoms. The van der Waals surface area contributed by atoms with Crippen LogP contribution in [0.15, 0.2) is 60.7 Å². The van der Waals surface area contributed by atoms with Crippen LogP contribution >= 0.6 is 0 Å². The zero-order valence-electron chi connectivity index (χ0n) is 18.0. The molecule has 0 amide bonds. The molecule has 0 aliphatic heterocycles. The largest absolute Gasteiger partial charge is 0.385 e. The van der Waals surface area contributed by atoms with E-state index in [1.165, 1.54) is 31.2 Å². The maximum Gasteiger partial charge on any atom is 0.0896 e. The van der Waals surface area contributed by atoms with E-state index in [-0.39, 0.29) is 0 Å². The quantitative estimate of drug-likeness (QED) is 0.584. The Kier molecular flexibility index (Phi) is 6.99. The first kappa shape index (κ1) is 21.1. The van der Waals surface area contributed by atoms with Gasteiger partial charge in [-0.15, -0.1) is 0 Å². The first-order valence-electron chi connectivity index (χ1n) is 11.2. The summed E-state index contributed by atoms with van der Waals surface area (Å²) in [5.41, 5.74) is 2.53. The van der Waals surface area contributed by atoms with E-state index in [4.69, 9.17) is 0 Å². The Bertz CT molecular complexity index is 626. The Morgan fingerprint density at radius 3 is 1.50 bits per heavy atom. The zero-order valence-corrected chi connectivity index (χ0v) is 18.0. The second-order valence-electron chi connectivity index (χ2n) is 9.69. The number of rotatable bonds is 2. The van der Waals surface area contributed by atoms with Crippen LogP contribution in [0.1, 0.15) is 83.3 Å². The van der Waals surface area contributed by atoms with Crippen molar-refractivity contribution in [1.29, 1.82) is 0 Å². The lowest BCUT2D eigenvalue weighted by atomic mass is 9.68. The highest BCUT2D eigenvalue weighted by Crippen LogP contribution is 2.41. The van der Waals surface area contributed by atoms with E-state index in [1.807, 2.05) is 30.3 Å². The van der Waals surface area contributed by atoms with Gasteiger partial charge in [0.25, 0.3) is 0 Å². The fourth-order valence-electron chi connectivity index (χ4n) is 4.81. The maximum absolute atomic E-state index is 10.5. The molecule has 4 rings (SSSR count). The Labute approximate surface area is 172 Å². The molecule has 1 N–H and O–H groups in total. The smallest absolute Gasteiger partial charge is 0.0896 e. The zero-order chi connectivity index (χ0) is 20.0. The molecule has 1 nitrogen and oxygen atoms in total. The highest BCUT2D eigenvalue weighted by molar-refractivity contribution is 5.25. The van der Waals surface area contributed by atoms with Crippen LogP contribution in [0.4, 0.5) is 0 Å². The van der Waals surface area contributed by atoms with Gasteiger partial charge in [0.15, 0.2) is 0 Å². The minimum absolute atomic E-state index is 0.452. The van der Waals surface area contributed by atoms with Gasteiger partial charge in [-0.2, -0.15) is 0 Å². The molecule has 2 saturated carbocycles. The molecule has 2 fully saturated rings. The van der Waals surface area contributed by atoms with Crippen molar-refractivity contribution < 1.29 is 5.11 Å². The predicted molar refractivity (Wildman–Crippen MR) is 119 cm³/mol. The molecular weight excluding hydrogens is 340 g/mol. The fraction of sp³-hybridized carbons (Fsp3) is 0.556. The topological polar surface area (TPSA) is 20.2 Å². The van der Waals surface area contributed by atoms with Crippen molar-refractivity contribution in [2.45, 2.75) is 83.2 Å². The van der Waals surface area contributed by atoms with Gasteiger partial charge in [-0.1, -0.05) is 81.4 Å². The normalized spacial score (nSPS) is 32.9. The predicted octanol–water partition coefficient (Wildman–Crippen LogP) is 7.24. The standard InChI is InChI=1S/C14H20.C13H18O/c1-12-8-10-14(2,11-9-12)13-6-4-3-5-7-13;1-11-7-9-13(14,10-8-11)12-5-3-2-4-6-12/h3-7,12H,8-11H2,1-2H3;2-6,11,14H,7-10H2,1H3. The monoisotopic (exact) mass is 378 g/mol. The summed E-state index contributed by atoms with van der Waals surface area (Å²) in [6.07, 6.45) is 9.63. The van der Waals surface area contributed by atoms with Crippen molar-refractivity contribution in [3.8, 4) is 0 Å². The molecule has 152 valence electrons. The summed E-state index contributed by atoms with van der Waals surface area (Å²) < 4.78 is 0. The Balaban J connectivity index is 0.000000161. The summed E-state index contributed by atoms with van der Waals surface area (Å²) in [5.74, 6) is 1.71. The van der Waals surface area contributed by atoms with Gasteiger partial charge in [0.05, 0.1) is 5.60 Å². The molecule has 0 bridgehead atoms. The SMILES string of the molecule is CC1CCC(C)(c2ccccc2)CC1.CC1CCC(O)(c2ccccc2)CC1. The third-order valence-corrected chi connectivity index (χ3v) is 7.26. The van der Waals surface area contributed by atoms with Crippen LogP contribution < -0.4 is 0 Å². The van der Waals surface area contributed by atoms with Crippen LogP contribution in [0.25, 0.3) is 0 Å². The lowest BCUT2D eigenvalue weighted by molar-refractivity contribution is -0.0120. The van der Waals surface area contributed by atoms with E-state index in [0.29, 0.717) is 5.41 Å². The summed E-state index contributed by atoms with van der Waals surface area (Å²) in [4.78, 5) is 0. The van der Waals surface area contributed by atoms with Crippen LogP contribution in [0.5, 0.6) is 0 Å². The summed E-state index contributed by atoms with van der Waals surface area (Å²) in [6.45, 7) is 7.07. The highest BCUT2D eigenvalue weighted by Gasteiger charge is 2.33. The third kappa shape index (κ3) is 5.26. The first-order valence-corrected chi connectivity index (χ1v) is 11.2. The van der Waals surface area contributed by atoms with Crippen LogP contribution in [-0.2, 0) is 11.0 Å². The molecule has 0 spiro atoms. The number of aliphatic hydroxyl groups is 1. The van der Waals surface area contributed by atoms with Gasteiger partial charge in [-0.3, -0.25) is 0 Å². The average molecular weight is 379 g/mol. The maximum atomic E-state index is 10.5. The van der Waals surface area contributed by atoms with E-state index in [1.54, 1.807) is 0 Å². The van der Waals surface area contributed by atoms with Gasteiger partial charge in [0.2, 0.25) is 0 Å². The number of benzene rings is 2. The van der Waals surface area contributed by atoms with Crippen molar-refractivity contribution in [2.24, 2.45) is 11.8 Å². The summed E-state index contributed by atoms with van der Waals surface area (Å²) in [5, 5.41) is 10.5. The molecular formula is C27H38O. The Morgan fingerprint density at radius 1 is 0.643 bits per heavy atom. The van der Waals surface area contributed by atoms with Gasteiger partial charge in [0, 0.05) is 0 Å². The molecule has 0 heterocycles. The van der Waals surface area contributed by atoms with Crippen LogP contribution in [0, 0.1) is 11.8 Å². The van der Waals surface area contributed by atoms with Crippen molar-refractivity contribution in [3.63, 3.8) is 0 Å². The Hall–Kier alpha value is -1.60. The second kappa shape index (κ2) is 9.27. The average Bonchev–Trinajstić information content (AvgIpc) is 2.74. The first-order chi connectivity index (χ1) is 13.4. The molecule has 0 radical (unpaired) electrons. The summed E-state index contributed by atoms with van der Waals surface area (Å²) >= 11 is 0. The van der Waals surface area contributed by atoms with Gasteiger partial charge in [0.1, 0.15) is 0 Å². The molecule has 0 saturated heterocycles. The van der Waals surface area contributed by atoms with Crippen molar-refractivity contribution in [3.05, 3.63) is 71.8 Å². The van der Waals surface area contributed by atoms with Gasteiger partial charge >= 0.3 is 0 Å². The molecule has 0 unspecified atom stereocenters. The second-order valence-corrected chi connectivity index (χ2v) is 9.69. The highest BCUT2D eigenvalue weighted by atomic mass is 16.3. The lowest BCUT2D eigenvalue weighted by Gasteiger charge is -2.36. The van der Waals surface area contributed by atoms with Gasteiger partial charge < -0.3 is 5.11 Å². The van der Waals surface area contributed by atoms with Gasteiger partial charge in [-0.05, 0) is 79.7 Å².